The van der Waals surface area contributed by atoms with E-state index in [4.69, 9.17) is 9.47 Å². The summed E-state index contributed by atoms with van der Waals surface area (Å²) in [4.78, 5) is 12.9. The minimum absolute atomic E-state index is 0.199. The first-order chi connectivity index (χ1) is 13.5. The van der Waals surface area contributed by atoms with Crippen molar-refractivity contribution in [2.45, 2.75) is 13.3 Å². The van der Waals surface area contributed by atoms with Gasteiger partial charge in [0.1, 0.15) is 5.69 Å². The highest BCUT2D eigenvalue weighted by atomic mass is 127. The van der Waals surface area contributed by atoms with Crippen LogP contribution >= 0.6 is 22.6 Å². The highest BCUT2D eigenvalue weighted by Gasteiger charge is 2.20. The predicted octanol–water partition coefficient (Wildman–Crippen LogP) is 4.41. The Balaban J connectivity index is 1.66. The summed E-state index contributed by atoms with van der Waals surface area (Å²) in [7, 11) is 1.80. The molecule has 28 heavy (non-hydrogen) atoms. The lowest BCUT2D eigenvalue weighted by Gasteiger charge is -2.10. The second kappa shape index (κ2) is 7.83. The summed E-state index contributed by atoms with van der Waals surface area (Å²) in [6.07, 6.45) is 2.57. The number of halogens is 1. The molecule has 1 amide bonds. The van der Waals surface area contributed by atoms with Crippen LogP contribution in [0.5, 0.6) is 11.5 Å². The number of hydrogen-bond acceptors (Lipinski definition) is 4. The highest BCUT2D eigenvalue weighted by molar-refractivity contribution is 14.1. The molecule has 0 unspecified atom stereocenters. The summed E-state index contributed by atoms with van der Waals surface area (Å²) in [5.74, 6) is 1.20. The minimum Gasteiger partial charge on any atom is -0.490 e. The number of fused-ring (bicyclic) bond motifs is 1. The largest absolute Gasteiger partial charge is 0.490 e. The van der Waals surface area contributed by atoms with Crippen molar-refractivity contribution in [2.75, 3.05) is 18.5 Å². The molecule has 0 spiro atoms. The number of aromatic nitrogens is 2. The molecule has 4 rings (SSSR count). The van der Waals surface area contributed by atoms with Crippen molar-refractivity contribution >= 4 is 34.2 Å². The Labute approximate surface area is 177 Å². The van der Waals surface area contributed by atoms with Crippen molar-refractivity contribution in [1.29, 1.82) is 0 Å². The Kier molecular flexibility index (Phi) is 5.25. The Bertz CT molecular complexity index is 1050. The fourth-order valence-electron chi connectivity index (χ4n) is 3.05. The molecule has 0 saturated carbocycles. The first-order valence-corrected chi connectivity index (χ1v) is 10.1. The molecule has 0 radical (unpaired) electrons. The van der Waals surface area contributed by atoms with Crippen LogP contribution in [0.4, 0.5) is 5.69 Å². The number of ether oxygens (including phenoxy) is 2. The number of nitrogens with one attached hydrogen (secondary N) is 1. The van der Waals surface area contributed by atoms with Gasteiger partial charge in [-0.1, -0.05) is 6.07 Å². The van der Waals surface area contributed by atoms with E-state index < -0.39 is 0 Å². The van der Waals surface area contributed by atoms with E-state index in [1.165, 1.54) is 5.56 Å². The van der Waals surface area contributed by atoms with Crippen LogP contribution in [0.2, 0.25) is 0 Å². The highest BCUT2D eigenvalue weighted by Crippen LogP contribution is 2.35. The maximum absolute atomic E-state index is 12.9. The van der Waals surface area contributed by atoms with Crippen molar-refractivity contribution < 1.29 is 14.3 Å². The van der Waals surface area contributed by atoms with Gasteiger partial charge in [-0.2, -0.15) is 5.10 Å². The van der Waals surface area contributed by atoms with Crippen molar-refractivity contribution in [3.63, 3.8) is 0 Å². The SMILES string of the molecule is Cc1ccc(NC(=O)c2cn(C)nc2-c2ccc3c(c2)OCCCO3)cc1I. The summed E-state index contributed by atoms with van der Waals surface area (Å²) in [6, 6.07) is 11.5. The number of hydrogen-bond donors (Lipinski definition) is 1. The van der Waals surface area contributed by atoms with Crippen LogP contribution in [0.25, 0.3) is 11.3 Å². The summed E-state index contributed by atoms with van der Waals surface area (Å²) >= 11 is 2.26. The number of rotatable bonds is 3. The van der Waals surface area contributed by atoms with Crippen LogP contribution in [0.1, 0.15) is 22.3 Å². The molecule has 3 aromatic rings. The average molecular weight is 489 g/mol. The Morgan fingerprint density at radius 3 is 2.71 bits per heavy atom. The van der Waals surface area contributed by atoms with Crippen LogP contribution in [-0.2, 0) is 7.05 Å². The molecule has 1 aromatic heterocycles. The Morgan fingerprint density at radius 2 is 1.93 bits per heavy atom. The molecule has 1 aliphatic rings. The van der Waals surface area contributed by atoms with Crippen molar-refractivity contribution in [3.05, 3.63) is 57.3 Å². The molecular weight excluding hydrogens is 469 g/mol. The van der Waals surface area contributed by atoms with E-state index in [0.717, 1.165) is 27.0 Å². The van der Waals surface area contributed by atoms with Gasteiger partial charge in [0.2, 0.25) is 0 Å². The van der Waals surface area contributed by atoms with Crippen molar-refractivity contribution in [3.8, 4) is 22.8 Å². The molecule has 1 N–H and O–H groups in total. The van der Waals surface area contributed by atoms with E-state index in [-0.39, 0.29) is 5.91 Å². The molecule has 6 nitrogen and oxygen atoms in total. The minimum atomic E-state index is -0.199. The lowest BCUT2D eigenvalue weighted by atomic mass is 10.1. The lowest BCUT2D eigenvalue weighted by molar-refractivity contribution is 0.102. The zero-order valence-corrected chi connectivity index (χ0v) is 17.8. The number of aryl methyl sites for hydroxylation is 2. The molecule has 2 aromatic carbocycles. The van der Waals surface area contributed by atoms with Gasteiger partial charge >= 0.3 is 0 Å². The van der Waals surface area contributed by atoms with Gasteiger partial charge in [0.05, 0.1) is 18.8 Å². The molecule has 0 aliphatic carbocycles. The van der Waals surface area contributed by atoms with E-state index >= 15 is 0 Å². The van der Waals surface area contributed by atoms with Gasteiger partial charge in [0, 0.05) is 34.5 Å². The van der Waals surface area contributed by atoms with Crippen LogP contribution in [0.3, 0.4) is 0 Å². The number of anilines is 1. The van der Waals surface area contributed by atoms with Crippen molar-refractivity contribution in [1.82, 2.24) is 9.78 Å². The molecular formula is C21H20IN3O3. The third-order valence-corrected chi connectivity index (χ3v) is 5.69. The van der Waals surface area contributed by atoms with E-state index in [9.17, 15) is 4.79 Å². The van der Waals surface area contributed by atoms with E-state index in [2.05, 4.69) is 33.0 Å². The van der Waals surface area contributed by atoms with Crippen LogP contribution in [0, 0.1) is 10.5 Å². The summed E-state index contributed by atoms with van der Waals surface area (Å²) in [6.45, 7) is 3.29. The fraction of sp³-hybridized carbons (Fsp3) is 0.238. The summed E-state index contributed by atoms with van der Waals surface area (Å²) in [5.41, 5.74) is 3.86. The van der Waals surface area contributed by atoms with Crippen LogP contribution in [0.15, 0.2) is 42.6 Å². The second-order valence-corrected chi connectivity index (χ2v) is 7.86. The van der Waals surface area contributed by atoms with Gasteiger partial charge in [-0.25, -0.2) is 0 Å². The van der Waals surface area contributed by atoms with E-state index in [1.807, 2.05) is 43.3 Å². The molecule has 0 fully saturated rings. The number of benzene rings is 2. The van der Waals surface area contributed by atoms with Crippen LogP contribution < -0.4 is 14.8 Å². The average Bonchev–Trinajstić information content (AvgIpc) is 2.92. The van der Waals surface area contributed by atoms with Gasteiger partial charge in [0.25, 0.3) is 5.91 Å². The fourth-order valence-corrected chi connectivity index (χ4v) is 3.56. The summed E-state index contributed by atoms with van der Waals surface area (Å²) in [5, 5.41) is 7.47. The zero-order chi connectivity index (χ0) is 19.7. The molecule has 144 valence electrons. The van der Waals surface area contributed by atoms with Gasteiger partial charge in [0.15, 0.2) is 11.5 Å². The van der Waals surface area contributed by atoms with E-state index in [1.54, 1.807) is 17.9 Å². The zero-order valence-electron chi connectivity index (χ0n) is 15.7. The molecule has 0 atom stereocenters. The van der Waals surface area contributed by atoms with Gasteiger partial charge in [-0.05, 0) is 65.4 Å². The quantitative estimate of drug-likeness (QED) is 0.554. The monoisotopic (exact) mass is 489 g/mol. The first-order valence-electron chi connectivity index (χ1n) is 9.02. The maximum Gasteiger partial charge on any atom is 0.259 e. The number of nitrogens with zero attached hydrogens (tertiary/aromatic N) is 2. The topological polar surface area (TPSA) is 65.4 Å². The Hall–Kier alpha value is -2.55. The van der Waals surface area contributed by atoms with Gasteiger partial charge in [-0.15, -0.1) is 0 Å². The molecule has 7 heteroatoms. The number of amides is 1. The maximum atomic E-state index is 12.9. The normalized spacial score (nSPS) is 13.1. The molecule has 0 saturated heterocycles. The Morgan fingerprint density at radius 1 is 1.14 bits per heavy atom. The van der Waals surface area contributed by atoms with Crippen molar-refractivity contribution in [2.24, 2.45) is 7.05 Å². The third-order valence-electron chi connectivity index (χ3n) is 4.52. The van der Waals surface area contributed by atoms with Crippen LogP contribution in [-0.4, -0.2) is 28.9 Å². The molecule has 1 aliphatic heterocycles. The smallest absolute Gasteiger partial charge is 0.259 e. The number of carbonyl (C=O) groups excluding carboxylic acids is 1. The number of carbonyl (C=O) groups is 1. The standard InChI is InChI=1S/C21H20IN3O3/c1-13-4-6-15(11-17(13)22)23-21(26)16-12-25(2)24-20(16)14-5-7-18-19(10-14)28-9-3-8-27-18/h4-7,10-12H,3,8-9H2,1-2H3,(H,23,26). The first kappa shape index (κ1) is 18.8. The molecule has 0 bridgehead atoms. The summed E-state index contributed by atoms with van der Waals surface area (Å²) < 4.78 is 14.2. The van der Waals surface area contributed by atoms with Gasteiger partial charge in [-0.3, -0.25) is 9.48 Å². The second-order valence-electron chi connectivity index (χ2n) is 6.70. The third kappa shape index (κ3) is 3.84. The molecule has 2 heterocycles. The predicted molar refractivity (Wildman–Crippen MR) is 116 cm³/mol. The van der Waals surface area contributed by atoms with E-state index in [0.29, 0.717) is 30.2 Å². The van der Waals surface area contributed by atoms with Gasteiger partial charge < -0.3 is 14.8 Å². The lowest BCUT2D eigenvalue weighted by Crippen LogP contribution is -2.12.